The lowest BCUT2D eigenvalue weighted by Crippen LogP contribution is -2.08. The summed E-state index contributed by atoms with van der Waals surface area (Å²) in [5, 5.41) is 12.8. The van der Waals surface area contributed by atoms with Gasteiger partial charge >= 0.3 is 10.1 Å². The minimum atomic E-state index is -4.02. The van der Waals surface area contributed by atoms with Gasteiger partial charge < -0.3 is 0 Å². The fourth-order valence-electron chi connectivity index (χ4n) is 2.29. The molecule has 3 aromatic carbocycles. The third-order valence-corrected chi connectivity index (χ3v) is 4.71. The highest BCUT2D eigenvalue weighted by Gasteiger charge is 2.16. The number of hydrogen-bond acceptors (Lipinski definition) is 5. The zero-order valence-electron chi connectivity index (χ0n) is 13.6. The van der Waals surface area contributed by atoms with Gasteiger partial charge in [-0.1, -0.05) is 65.8 Å². The number of nitrogens with zero attached hydrogens (tertiary/aromatic N) is 2. The monoisotopic (exact) mass is 362 g/mol. The van der Waals surface area contributed by atoms with Crippen LogP contribution < -0.4 is 0 Å². The summed E-state index contributed by atoms with van der Waals surface area (Å²) in [4.78, 5) is 0.0241. The van der Waals surface area contributed by atoms with Crippen molar-refractivity contribution in [2.75, 3.05) is 0 Å². The smallest absolute Gasteiger partial charge is 0.264 e. The van der Waals surface area contributed by atoms with Crippen molar-refractivity contribution in [1.29, 1.82) is 5.26 Å². The number of oxime groups is 1. The standard InChI is InChI=1S/C20H14N2O3S/c21-15-16-11-13-18(14-12-16)20(17-7-3-1-4-8-17)22-25-26(23,24)19-9-5-2-6-10-19/h1-14H. The summed E-state index contributed by atoms with van der Waals surface area (Å²) in [5.41, 5.74) is 2.19. The molecule has 0 N–H and O–H groups in total. The molecule has 0 aromatic heterocycles. The summed E-state index contributed by atoms with van der Waals surface area (Å²) in [6, 6.07) is 25.6. The molecular weight excluding hydrogens is 348 g/mol. The van der Waals surface area contributed by atoms with E-state index in [1.807, 2.05) is 24.3 Å². The first-order valence-corrected chi connectivity index (χ1v) is 9.13. The van der Waals surface area contributed by atoms with E-state index < -0.39 is 10.1 Å². The Hall–Kier alpha value is -3.43. The van der Waals surface area contributed by atoms with Gasteiger partial charge in [-0.2, -0.15) is 13.7 Å². The Bertz CT molecular complexity index is 1050. The SMILES string of the molecule is N#Cc1ccc(C(=NOS(=O)(=O)c2ccccc2)c2ccccc2)cc1. The highest BCUT2D eigenvalue weighted by molar-refractivity contribution is 7.86. The second-order valence-electron chi connectivity index (χ2n) is 5.34. The number of benzene rings is 3. The van der Waals surface area contributed by atoms with Crippen LogP contribution in [0.4, 0.5) is 0 Å². The molecular formula is C20H14N2O3S. The van der Waals surface area contributed by atoms with Gasteiger partial charge in [-0.15, -0.1) is 0 Å². The van der Waals surface area contributed by atoms with E-state index >= 15 is 0 Å². The topological polar surface area (TPSA) is 79.5 Å². The molecule has 3 aromatic rings. The normalized spacial score (nSPS) is 11.6. The fraction of sp³-hybridized carbons (Fsp3) is 0. The molecule has 128 valence electrons. The molecule has 0 radical (unpaired) electrons. The quantitative estimate of drug-likeness (QED) is 0.512. The largest absolute Gasteiger partial charge is 0.358 e. The average molecular weight is 362 g/mol. The molecule has 0 saturated heterocycles. The summed E-state index contributed by atoms with van der Waals surface area (Å²) in [7, 11) is -4.02. The molecule has 26 heavy (non-hydrogen) atoms. The molecule has 0 aliphatic carbocycles. The molecule has 0 atom stereocenters. The van der Waals surface area contributed by atoms with Crippen LogP contribution in [-0.2, 0) is 14.4 Å². The number of nitriles is 1. The summed E-state index contributed by atoms with van der Waals surface area (Å²) < 4.78 is 29.6. The summed E-state index contributed by atoms with van der Waals surface area (Å²) in [5.74, 6) is 0. The predicted molar refractivity (Wildman–Crippen MR) is 98.0 cm³/mol. The van der Waals surface area contributed by atoms with Gasteiger partial charge in [-0.25, -0.2) is 0 Å². The van der Waals surface area contributed by atoms with Gasteiger partial charge in [0.2, 0.25) is 0 Å². The van der Waals surface area contributed by atoms with Crippen molar-refractivity contribution >= 4 is 15.8 Å². The molecule has 0 saturated carbocycles. The average Bonchev–Trinajstić information content (AvgIpc) is 2.70. The van der Waals surface area contributed by atoms with E-state index in [-0.39, 0.29) is 4.90 Å². The maximum absolute atomic E-state index is 12.3. The molecule has 3 rings (SSSR count). The zero-order valence-corrected chi connectivity index (χ0v) is 14.4. The van der Waals surface area contributed by atoms with Crippen molar-refractivity contribution in [1.82, 2.24) is 0 Å². The summed E-state index contributed by atoms with van der Waals surface area (Å²) >= 11 is 0. The van der Waals surface area contributed by atoms with Gasteiger partial charge in [-0.3, -0.25) is 4.28 Å². The van der Waals surface area contributed by atoms with Crippen molar-refractivity contribution in [3.05, 3.63) is 102 Å². The third-order valence-electron chi connectivity index (χ3n) is 3.59. The van der Waals surface area contributed by atoms with E-state index in [9.17, 15) is 8.42 Å². The second-order valence-corrected chi connectivity index (χ2v) is 6.87. The second kappa shape index (κ2) is 7.64. The Balaban J connectivity index is 2.01. The van der Waals surface area contributed by atoms with Gasteiger partial charge in [0.15, 0.2) is 0 Å². The Morgan fingerprint density at radius 3 is 1.92 bits per heavy atom. The Morgan fingerprint density at radius 2 is 1.35 bits per heavy atom. The van der Waals surface area contributed by atoms with E-state index in [2.05, 4.69) is 5.16 Å². The Labute approximate surface area is 151 Å². The number of rotatable bonds is 5. The van der Waals surface area contributed by atoms with Crippen LogP contribution >= 0.6 is 0 Å². The maximum atomic E-state index is 12.3. The van der Waals surface area contributed by atoms with Crippen LogP contribution in [-0.4, -0.2) is 14.1 Å². The lowest BCUT2D eigenvalue weighted by Gasteiger charge is -2.08. The molecule has 0 bridgehead atoms. The van der Waals surface area contributed by atoms with Crippen LogP contribution in [0.2, 0.25) is 0 Å². The molecule has 0 spiro atoms. The molecule has 5 nitrogen and oxygen atoms in total. The van der Waals surface area contributed by atoms with E-state index in [1.54, 1.807) is 54.6 Å². The first-order valence-electron chi connectivity index (χ1n) is 7.73. The van der Waals surface area contributed by atoms with Gasteiger partial charge in [0, 0.05) is 11.1 Å². The maximum Gasteiger partial charge on any atom is 0.358 e. The van der Waals surface area contributed by atoms with Crippen LogP contribution in [0.15, 0.2) is 95.0 Å². The Morgan fingerprint density at radius 1 is 0.808 bits per heavy atom. The van der Waals surface area contributed by atoms with Gasteiger partial charge in [0.1, 0.15) is 10.6 Å². The first-order chi connectivity index (χ1) is 12.6. The minimum absolute atomic E-state index is 0.0241. The molecule has 0 heterocycles. The van der Waals surface area contributed by atoms with Crippen LogP contribution in [0, 0.1) is 11.3 Å². The predicted octanol–water partition coefficient (Wildman–Crippen LogP) is 3.72. The Kier molecular flexibility index (Phi) is 5.11. The van der Waals surface area contributed by atoms with Crippen LogP contribution in [0.3, 0.4) is 0 Å². The van der Waals surface area contributed by atoms with Gasteiger partial charge in [-0.05, 0) is 24.3 Å². The van der Waals surface area contributed by atoms with Crippen molar-refractivity contribution in [3.8, 4) is 6.07 Å². The molecule has 0 aliphatic rings. The summed E-state index contributed by atoms with van der Waals surface area (Å²) in [6.45, 7) is 0. The van der Waals surface area contributed by atoms with Crippen LogP contribution in [0.5, 0.6) is 0 Å². The van der Waals surface area contributed by atoms with Crippen LogP contribution in [0.1, 0.15) is 16.7 Å². The van der Waals surface area contributed by atoms with Crippen molar-refractivity contribution in [2.45, 2.75) is 4.90 Å². The summed E-state index contributed by atoms with van der Waals surface area (Å²) in [6.07, 6.45) is 0. The molecule has 0 unspecified atom stereocenters. The highest BCUT2D eigenvalue weighted by atomic mass is 32.2. The highest BCUT2D eigenvalue weighted by Crippen LogP contribution is 2.16. The van der Waals surface area contributed by atoms with Crippen molar-refractivity contribution < 1.29 is 12.7 Å². The fourth-order valence-corrected chi connectivity index (χ4v) is 3.04. The molecule has 6 heteroatoms. The molecule has 0 fully saturated rings. The van der Waals surface area contributed by atoms with E-state index in [0.717, 1.165) is 0 Å². The van der Waals surface area contributed by atoms with Gasteiger partial charge in [0.25, 0.3) is 0 Å². The third kappa shape index (κ3) is 3.97. The van der Waals surface area contributed by atoms with E-state index in [0.29, 0.717) is 22.4 Å². The molecule has 0 amide bonds. The van der Waals surface area contributed by atoms with Crippen molar-refractivity contribution in [3.63, 3.8) is 0 Å². The molecule has 0 aliphatic heterocycles. The first kappa shape index (κ1) is 17.4. The lowest BCUT2D eigenvalue weighted by molar-refractivity contribution is 0.339. The van der Waals surface area contributed by atoms with Crippen molar-refractivity contribution in [2.24, 2.45) is 5.16 Å². The van der Waals surface area contributed by atoms with E-state index in [1.165, 1.54) is 12.1 Å². The number of hydrogen-bond donors (Lipinski definition) is 0. The van der Waals surface area contributed by atoms with E-state index in [4.69, 9.17) is 9.55 Å². The minimum Gasteiger partial charge on any atom is -0.264 e. The lowest BCUT2D eigenvalue weighted by atomic mass is 10.0. The van der Waals surface area contributed by atoms with Gasteiger partial charge in [0.05, 0.1) is 11.6 Å². The van der Waals surface area contributed by atoms with Crippen LogP contribution in [0.25, 0.3) is 0 Å². The zero-order chi connectivity index (χ0) is 18.4.